The van der Waals surface area contributed by atoms with Crippen LogP contribution in [0.25, 0.3) is 11.3 Å². The molecular formula is C23H21FN4O2. The maximum absolute atomic E-state index is 13.7. The number of halogens is 1. The van der Waals surface area contributed by atoms with Gasteiger partial charge in [-0.15, -0.1) is 0 Å². The second-order valence-electron chi connectivity index (χ2n) is 7.40. The van der Waals surface area contributed by atoms with Crippen molar-refractivity contribution in [2.75, 3.05) is 5.32 Å². The third-order valence-corrected chi connectivity index (χ3v) is 5.15. The van der Waals surface area contributed by atoms with Gasteiger partial charge >= 0.3 is 0 Å². The van der Waals surface area contributed by atoms with Crippen molar-refractivity contribution in [2.24, 2.45) is 0 Å². The summed E-state index contributed by atoms with van der Waals surface area (Å²) in [5, 5.41) is 12.7. The zero-order valence-electron chi connectivity index (χ0n) is 16.6. The van der Waals surface area contributed by atoms with E-state index in [4.69, 9.17) is 0 Å². The summed E-state index contributed by atoms with van der Waals surface area (Å²) in [5.74, 6) is -1.49. The van der Waals surface area contributed by atoms with Crippen molar-refractivity contribution in [2.45, 2.75) is 26.2 Å². The normalized spacial score (nSPS) is 16.0. The summed E-state index contributed by atoms with van der Waals surface area (Å²) < 4.78 is 13.7. The van der Waals surface area contributed by atoms with Crippen molar-refractivity contribution in [3.05, 3.63) is 82.9 Å². The molecule has 2 amide bonds. The van der Waals surface area contributed by atoms with Crippen LogP contribution in [-0.2, 0) is 9.59 Å². The molecule has 3 N–H and O–H groups in total. The molecule has 0 saturated heterocycles. The minimum Gasteiger partial charge on any atom is -0.332 e. The standard InChI is InChI=1S/C23H21FN4O2/c1-13-6-7-16(21-8-14(2)27-28-21)10-20(13)26-23(30)19-12-25-22(29)11-18(19)15-4-3-5-17(24)9-15/h3-10,12,18H,11H2,1-2H3,(H,25,29)(H,26,30)(H,27,28). The topological polar surface area (TPSA) is 86.9 Å². The molecule has 0 bridgehead atoms. The Morgan fingerprint density at radius 2 is 2.00 bits per heavy atom. The molecule has 0 saturated carbocycles. The van der Waals surface area contributed by atoms with E-state index in [1.54, 1.807) is 12.1 Å². The lowest BCUT2D eigenvalue weighted by Gasteiger charge is -2.24. The predicted octanol–water partition coefficient (Wildman–Crippen LogP) is 3.96. The van der Waals surface area contributed by atoms with Crippen LogP contribution >= 0.6 is 0 Å². The van der Waals surface area contributed by atoms with E-state index in [1.165, 1.54) is 18.3 Å². The molecular weight excluding hydrogens is 383 g/mol. The van der Waals surface area contributed by atoms with E-state index in [0.29, 0.717) is 16.8 Å². The van der Waals surface area contributed by atoms with Crippen LogP contribution in [0.3, 0.4) is 0 Å². The molecule has 1 aliphatic rings. The minimum absolute atomic E-state index is 0.0777. The lowest BCUT2D eigenvalue weighted by molar-refractivity contribution is -0.121. The zero-order chi connectivity index (χ0) is 21.3. The van der Waals surface area contributed by atoms with E-state index < -0.39 is 11.7 Å². The van der Waals surface area contributed by atoms with Gasteiger partial charge in [-0.25, -0.2) is 4.39 Å². The van der Waals surface area contributed by atoms with Gasteiger partial charge in [-0.05, 0) is 49.2 Å². The predicted molar refractivity (Wildman–Crippen MR) is 112 cm³/mol. The number of benzene rings is 2. The Kier molecular flexibility index (Phi) is 5.18. The number of hydrogen-bond acceptors (Lipinski definition) is 3. The first-order valence-corrected chi connectivity index (χ1v) is 9.60. The highest BCUT2D eigenvalue weighted by molar-refractivity contribution is 6.07. The number of hydrogen-bond donors (Lipinski definition) is 3. The van der Waals surface area contributed by atoms with Gasteiger partial charge in [0.05, 0.1) is 5.69 Å². The smallest absolute Gasteiger partial charge is 0.253 e. The minimum atomic E-state index is -0.521. The molecule has 7 heteroatoms. The van der Waals surface area contributed by atoms with Crippen molar-refractivity contribution >= 4 is 17.5 Å². The molecule has 0 aliphatic carbocycles. The molecule has 3 aromatic rings. The lowest BCUT2D eigenvalue weighted by Crippen LogP contribution is -2.32. The van der Waals surface area contributed by atoms with Crippen molar-refractivity contribution in [1.82, 2.24) is 15.5 Å². The van der Waals surface area contributed by atoms with Crippen molar-refractivity contribution in [1.29, 1.82) is 0 Å². The molecule has 1 aliphatic heterocycles. The quantitative estimate of drug-likeness (QED) is 0.615. The molecule has 1 unspecified atom stereocenters. The molecule has 0 fully saturated rings. The Bertz CT molecular complexity index is 1170. The summed E-state index contributed by atoms with van der Waals surface area (Å²) >= 11 is 0. The first-order valence-electron chi connectivity index (χ1n) is 9.60. The third kappa shape index (κ3) is 4.00. The SMILES string of the molecule is Cc1cc(-c2ccc(C)c(NC(=O)C3=CNC(=O)CC3c3cccc(F)c3)c2)n[nH]1. The van der Waals surface area contributed by atoms with E-state index >= 15 is 0 Å². The fourth-order valence-electron chi connectivity index (χ4n) is 3.53. The summed E-state index contributed by atoms with van der Waals surface area (Å²) in [7, 11) is 0. The van der Waals surface area contributed by atoms with E-state index in [1.807, 2.05) is 38.1 Å². The molecule has 152 valence electrons. The molecule has 2 aromatic carbocycles. The Morgan fingerprint density at radius 1 is 1.17 bits per heavy atom. The first kappa shape index (κ1) is 19.6. The Labute approximate surface area is 173 Å². The third-order valence-electron chi connectivity index (χ3n) is 5.15. The van der Waals surface area contributed by atoms with E-state index in [0.717, 1.165) is 22.5 Å². The van der Waals surface area contributed by atoms with Gasteiger partial charge in [-0.2, -0.15) is 5.10 Å². The monoisotopic (exact) mass is 404 g/mol. The van der Waals surface area contributed by atoms with Crippen LogP contribution in [0.2, 0.25) is 0 Å². The first-order chi connectivity index (χ1) is 14.4. The molecule has 2 heterocycles. The number of aryl methyl sites for hydroxylation is 2. The van der Waals surface area contributed by atoms with Crippen molar-refractivity contribution < 1.29 is 14.0 Å². The summed E-state index contributed by atoms with van der Waals surface area (Å²) in [6.45, 7) is 3.82. The Balaban J connectivity index is 1.63. The van der Waals surface area contributed by atoms with Gasteiger partial charge in [0.25, 0.3) is 5.91 Å². The summed E-state index contributed by atoms with van der Waals surface area (Å²) in [6.07, 6.45) is 1.49. The highest BCUT2D eigenvalue weighted by Crippen LogP contribution is 2.32. The largest absolute Gasteiger partial charge is 0.332 e. The molecule has 1 aromatic heterocycles. The van der Waals surface area contributed by atoms with Gasteiger partial charge in [0.1, 0.15) is 5.82 Å². The summed E-state index contributed by atoms with van der Waals surface area (Å²) in [6, 6.07) is 13.6. The fourth-order valence-corrected chi connectivity index (χ4v) is 3.53. The molecule has 0 radical (unpaired) electrons. The number of H-pyrrole nitrogens is 1. The second kappa shape index (κ2) is 7.94. The number of amides is 2. The van der Waals surface area contributed by atoms with Gasteiger partial charge in [-0.3, -0.25) is 14.7 Å². The van der Waals surface area contributed by atoms with Gasteiger partial charge in [0.15, 0.2) is 0 Å². The number of rotatable bonds is 4. The number of carbonyl (C=O) groups is 2. The average molecular weight is 404 g/mol. The van der Waals surface area contributed by atoms with Crippen LogP contribution in [0.4, 0.5) is 10.1 Å². The molecule has 4 rings (SSSR count). The van der Waals surface area contributed by atoms with Crippen molar-refractivity contribution in [3.63, 3.8) is 0 Å². The van der Waals surface area contributed by atoms with Crippen LogP contribution in [0.5, 0.6) is 0 Å². The number of nitrogens with one attached hydrogen (secondary N) is 3. The average Bonchev–Trinajstić information content (AvgIpc) is 3.16. The number of carbonyl (C=O) groups excluding carboxylic acids is 2. The van der Waals surface area contributed by atoms with E-state index in [9.17, 15) is 14.0 Å². The zero-order valence-corrected chi connectivity index (χ0v) is 16.6. The van der Waals surface area contributed by atoms with Crippen molar-refractivity contribution in [3.8, 4) is 11.3 Å². The lowest BCUT2D eigenvalue weighted by atomic mass is 9.86. The highest BCUT2D eigenvalue weighted by Gasteiger charge is 2.29. The van der Waals surface area contributed by atoms with Gasteiger partial charge < -0.3 is 10.6 Å². The Morgan fingerprint density at radius 3 is 2.73 bits per heavy atom. The number of aromatic nitrogens is 2. The number of anilines is 1. The Hall–Kier alpha value is -3.74. The summed E-state index contributed by atoms with van der Waals surface area (Å²) in [5.41, 5.74) is 5.09. The van der Waals surface area contributed by atoms with Crippen LogP contribution in [-0.4, -0.2) is 22.0 Å². The van der Waals surface area contributed by atoms with Crippen LogP contribution in [0.15, 0.2) is 60.3 Å². The number of aromatic amines is 1. The van der Waals surface area contributed by atoms with E-state index in [2.05, 4.69) is 20.8 Å². The van der Waals surface area contributed by atoms with Gasteiger partial charge in [0.2, 0.25) is 5.91 Å². The van der Waals surface area contributed by atoms with Gasteiger partial charge in [-0.1, -0.05) is 24.3 Å². The van der Waals surface area contributed by atoms with Gasteiger partial charge in [0, 0.05) is 41.1 Å². The molecule has 0 spiro atoms. The summed E-state index contributed by atoms with van der Waals surface area (Å²) in [4.78, 5) is 25.0. The molecule has 6 nitrogen and oxygen atoms in total. The maximum atomic E-state index is 13.7. The highest BCUT2D eigenvalue weighted by atomic mass is 19.1. The molecule has 30 heavy (non-hydrogen) atoms. The number of nitrogens with zero attached hydrogens (tertiary/aromatic N) is 1. The molecule has 1 atom stereocenters. The van der Waals surface area contributed by atoms with Crippen LogP contribution in [0.1, 0.15) is 29.2 Å². The second-order valence-corrected chi connectivity index (χ2v) is 7.40. The van der Waals surface area contributed by atoms with Crippen LogP contribution in [0, 0.1) is 19.7 Å². The fraction of sp³-hybridized carbons (Fsp3) is 0.174. The maximum Gasteiger partial charge on any atom is 0.253 e. The van der Waals surface area contributed by atoms with E-state index in [-0.39, 0.29) is 18.2 Å². The van der Waals surface area contributed by atoms with Crippen LogP contribution < -0.4 is 10.6 Å².